The van der Waals surface area contributed by atoms with E-state index in [1.807, 2.05) is 45.3 Å². The first-order valence-electron chi connectivity index (χ1n) is 11.9. The maximum Gasteiger partial charge on any atom is 0.418 e. The first-order chi connectivity index (χ1) is 17.3. The minimum Gasteiger partial charge on any atom is -0.490 e. The maximum atomic E-state index is 13.6. The van der Waals surface area contributed by atoms with Crippen molar-refractivity contribution in [3.05, 3.63) is 57.0 Å². The number of fused-ring (bicyclic) bond motifs is 3. The molecule has 0 saturated carbocycles. The lowest BCUT2D eigenvalue weighted by Crippen LogP contribution is -2.45. The van der Waals surface area contributed by atoms with E-state index < -0.39 is 17.6 Å². The Hall–Kier alpha value is -3.66. The van der Waals surface area contributed by atoms with Gasteiger partial charge in [0.25, 0.3) is 5.91 Å². The predicted octanol–water partition coefficient (Wildman–Crippen LogP) is 3.31. The van der Waals surface area contributed by atoms with E-state index in [9.17, 15) is 14.4 Å². The van der Waals surface area contributed by atoms with Crippen LogP contribution in [-0.4, -0.2) is 57.2 Å². The molecule has 10 heteroatoms. The maximum absolute atomic E-state index is 13.6. The predicted molar refractivity (Wildman–Crippen MR) is 132 cm³/mol. The van der Waals surface area contributed by atoms with Crippen molar-refractivity contribution in [1.82, 2.24) is 19.6 Å². The molecule has 2 aliphatic heterocycles. The zero-order valence-corrected chi connectivity index (χ0v) is 21.2. The van der Waals surface area contributed by atoms with Gasteiger partial charge in [-0.05, 0) is 31.4 Å². The van der Waals surface area contributed by atoms with Crippen molar-refractivity contribution in [3.8, 4) is 16.9 Å². The Balaban J connectivity index is 1.22. The fourth-order valence-electron chi connectivity index (χ4n) is 5.33. The standard InChI is InChI=1S/C26H26N4O5S/c1-15-16(2)36-21-13-29(8-9-34-23(15)21)22(31)14-30-24(32)26(35-25(30)33)7-6-18-10-17(4-5-20(18)26)19-11-27-28(3)12-19/h4-5,10-12H,6-9,13-14H2,1-3H3/t26-/m1/s1. The van der Waals surface area contributed by atoms with E-state index in [0.29, 0.717) is 38.1 Å². The highest BCUT2D eigenvalue weighted by molar-refractivity contribution is 7.12. The van der Waals surface area contributed by atoms with Crippen molar-refractivity contribution in [2.75, 3.05) is 19.7 Å². The Kier molecular flexibility index (Phi) is 5.18. The highest BCUT2D eigenvalue weighted by Crippen LogP contribution is 2.46. The summed E-state index contributed by atoms with van der Waals surface area (Å²) >= 11 is 1.61. The van der Waals surface area contributed by atoms with Crippen molar-refractivity contribution in [1.29, 1.82) is 0 Å². The topological polar surface area (TPSA) is 94.0 Å². The number of benzene rings is 1. The monoisotopic (exact) mass is 506 g/mol. The number of carbonyl (C=O) groups excluding carboxylic acids is 3. The number of aromatic nitrogens is 2. The zero-order valence-electron chi connectivity index (χ0n) is 20.4. The second-order valence-electron chi connectivity index (χ2n) is 9.56. The molecule has 1 spiro atoms. The first-order valence-corrected chi connectivity index (χ1v) is 12.8. The molecule has 6 rings (SSSR count). The third kappa shape index (κ3) is 3.42. The number of imide groups is 1. The Morgan fingerprint density at radius 3 is 2.83 bits per heavy atom. The summed E-state index contributed by atoms with van der Waals surface area (Å²) in [5, 5.41) is 4.22. The molecule has 1 atom stereocenters. The van der Waals surface area contributed by atoms with Crippen LogP contribution >= 0.6 is 11.3 Å². The van der Waals surface area contributed by atoms with Gasteiger partial charge < -0.3 is 14.4 Å². The van der Waals surface area contributed by atoms with E-state index in [2.05, 4.69) is 5.10 Å². The molecule has 3 aromatic rings. The summed E-state index contributed by atoms with van der Waals surface area (Å²) in [5.41, 5.74) is 3.36. The lowest BCUT2D eigenvalue weighted by molar-refractivity contribution is -0.142. The lowest BCUT2D eigenvalue weighted by atomic mass is 9.93. The number of amides is 3. The summed E-state index contributed by atoms with van der Waals surface area (Å²) in [6.07, 6.45) is 3.91. The normalized spacial score (nSPS) is 20.9. The van der Waals surface area contributed by atoms with Crippen LogP contribution in [0.15, 0.2) is 30.6 Å². The Labute approximate surface area is 212 Å². The van der Waals surface area contributed by atoms with Gasteiger partial charge in [0.15, 0.2) is 0 Å². The van der Waals surface area contributed by atoms with Crippen molar-refractivity contribution in [2.45, 2.75) is 38.8 Å². The van der Waals surface area contributed by atoms with Crippen LogP contribution in [0.3, 0.4) is 0 Å². The highest BCUT2D eigenvalue weighted by Gasteiger charge is 2.58. The highest BCUT2D eigenvalue weighted by atomic mass is 32.1. The molecule has 0 bridgehead atoms. The quantitative estimate of drug-likeness (QED) is 0.541. The molecule has 3 amide bonds. The van der Waals surface area contributed by atoms with E-state index in [-0.39, 0.29) is 12.5 Å². The first kappa shape index (κ1) is 22.8. The third-order valence-electron chi connectivity index (χ3n) is 7.38. The minimum absolute atomic E-state index is 0.303. The largest absolute Gasteiger partial charge is 0.490 e. The van der Waals surface area contributed by atoms with Crippen LogP contribution in [0, 0.1) is 13.8 Å². The van der Waals surface area contributed by atoms with Crippen molar-refractivity contribution in [2.24, 2.45) is 7.05 Å². The number of thiophene rings is 1. The molecule has 0 unspecified atom stereocenters. The number of ether oxygens (including phenoxy) is 2. The second-order valence-corrected chi connectivity index (χ2v) is 10.9. The SMILES string of the molecule is Cc1sc2c(c1C)OCCN(C(=O)CN1C(=O)O[C@@]3(CCc4cc(-c5cnn(C)c5)ccc43)C1=O)C2. The second kappa shape index (κ2) is 8.19. The summed E-state index contributed by atoms with van der Waals surface area (Å²) in [5.74, 6) is 0.0718. The molecule has 0 N–H and O–H groups in total. The molecule has 3 aliphatic rings. The van der Waals surface area contributed by atoms with E-state index in [0.717, 1.165) is 42.7 Å². The third-order valence-corrected chi connectivity index (χ3v) is 8.56. The van der Waals surface area contributed by atoms with Crippen molar-refractivity contribution < 1.29 is 23.9 Å². The molecule has 2 aromatic heterocycles. The van der Waals surface area contributed by atoms with Gasteiger partial charge in [-0.25, -0.2) is 9.69 Å². The molecular formula is C26H26N4O5S. The van der Waals surface area contributed by atoms with Gasteiger partial charge in [0.05, 0.1) is 24.2 Å². The van der Waals surface area contributed by atoms with Gasteiger partial charge in [0.1, 0.15) is 18.9 Å². The van der Waals surface area contributed by atoms with Gasteiger partial charge >= 0.3 is 6.09 Å². The number of hydrogen-bond donors (Lipinski definition) is 0. The molecule has 1 aliphatic carbocycles. The number of aryl methyl sites for hydroxylation is 3. The lowest BCUT2D eigenvalue weighted by Gasteiger charge is -2.23. The molecule has 9 nitrogen and oxygen atoms in total. The average molecular weight is 507 g/mol. The molecule has 1 aromatic carbocycles. The summed E-state index contributed by atoms with van der Waals surface area (Å²) < 4.78 is 13.4. The van der Waals surface area contributed by atoms with Crippen LogP contribution in [0.1, 0.15) is 32.9 Å². The molecule has 0 radical (unpaired) electrons. The van der Waals surface area contributed by atoms with Crippen LogP contribution in [0.25, 0.3) is 11.1 Å². The van der Waals surface area contributed by atoms with Gasteiger partial charge in [-0.1, -0.05) is 18.2 Å². The van der Waals surface area contributed by atoms with Gasteiger partial charge in [0, 0.05) is 41.2 Å². The van der Waals surface area contributed by atoms with Gasteiger partial charge in [-0.2, -0.15) is 5.10 Å². The van der Waals surface area contributed by atoms with Crippen LogP contribution in [0.2, 0.25) is 0 Å². The Morgan fingerprint density at radius 2 is 2.06 bits per heavy atom. The Morgan fingerprint density at radius 1 is 1.22 bits per heavy atom. The molecule has 1 fully saturated rings. The molecule has 186 valence electrons. The van der Waals surface area contributed by atoms with Crippen LogP contribution in [-0.2, 0) is 39.9 Å². The van der Waals surface area contributed by atoms with Gasteiger partial charge in [-0.15, -0.1) is 11.3 Å². The van der Waals surface area contributed by atoms with Crippen LogP contribution < -0.4 is 4.74 Å². The number of rotatable bonds is 3. The summed E-state index contributed by atoms with van der Waals surface area (Å²) in [6, 6.07) is 5.80. The van der Waals surface area contributed by atoms with Gasteiger partial charge in [0.2, 0.25) is 11.5 Å². The van der Waals surface area contributed by atoms with Gasteiger partial charge in [-0.3, -0.25) is 14.3 Å². The van der Waals surface area contributed by atoms with Crippen LogP contribution in [0.4, 0.5) is 4.79 Å². The number of nitrogens with zero attached hydrogens (tertiary/aromatic N) is 4. The Bertz CT molecular complexity index is 1430. The van der Waals surface area contributed by atoms with Crippen LogP contribution in [0.5, 0.6) is 5.75 Å². The summed E-state index contributed by atoms with van der Waals surface area (Å²) in [6.45, 7) is 4.85. The molecular weight excluding hydrogens is 480 g/mol. The average Bonchev–Trinajstić information content (AvgIpc) is 3.53. The molecule has 1 saturated heterocycles. The summed E-state index contributed by atoms with van der Waals surface area (Å²) in [7, 11) is 1.86. The molecule has 36 heavy (non-hydrogen) atoms. The van der Waals surface area contributed by atoms with E-state index >= 15 is 0 Å². The van der Waals surface area contributed by atoms with Crippen molar-refractivity contribution >= 4 is 29.2 Å². The number of hydrogen-bond acceptors (Lipinski definition) is 7. The smallest absolute Gasteiger partial charge is 0.418 e. The molecule has 4 heterocycles. The zero-order chi connectivity index (χ0) is 25.2. The van der Waals surface area contributed by atoms with Crippen molar-refractivity contribution in [3.63, 3.8) is 0 Å². The fraction of sp³-hybridized carbons (Fsp3) is 0.385. The minimum atomic E-state index is -1.36. The van der Waals surface area contributed by atoms with E-state index in [1.54, 1.807) is 27.1 Å². The van der Waals surface area contributed by atoms with E-state index in [1.165, 1.54) is 0 Å². The van der Waals surface area contributed by atoms with E-state index in [4.69, 9.17) is 9.47 Å². The fourth-order valence-corrected chi connectivity index (χ4v) is 6.47. The summed E-state index contributed by atoms with van der Waals surface area (Å²) in [4.78, 5) is 44.4. The number of carbonyl (C=O) groups is 3.